The molecule has 2 fully saturated rings. The van der Waals surface area contributed by atoms with E-state index in [4.69, 9.17) is 0 Å². The molecule has 1 aromatic carbocycles. The van der Waals surface area contributed by atoms with E-state index in [9.17, 15) is 13.2 Å². The van der Waals surface area contributed by atoms with Gasteiger partial charge in [0.1, 0.15) is 5.75 Å². The molecular formula is C18H26F3N3O. The van der Waals surface area contributed by atoms with E-state index in [1.54, 1.807) is 12.1 Å². The van der Waals surface area contributed by atoms with Gasteiger partial charge in [-0.2, -0.15) is 0 Å². The molecule has 0 bridgehead atoms. The average Bonchev–Trinajstić information content (AvgIpc) is 2.61. The largest absolute Gasteiger partial charge is 0.573 e. The summed E-state index contributed by atoms with van der Waals surface area (Å²) in [6, 6.07) is 7.27. The van der Waals surface area contributed by atoms with Gasteiger partial charge in [0.25, 0.3) is 0 Å². The molecule has 0 atom stereocenters. The van der Waals surface area contributed by atoms with Gasteiger partial charge in [-0.15, -0.1) is 13.2 Å². The predicted molar refractivity (Wildman–Crippen MR) is 92.0 cm³/mol. The van der Waals surface area contributed by atoms with Crippen molar-refractivity contribution in [1.29, 1.82) is 0 Å². The Morgan fingerprint density at radius 2 is 1.64 bits per heavy atom. The molecule has 4 nitrogen and oxygen atoms in total. The van der Waals surface area contributed by atoms with Crippen molar-refractivity contribution in [3.63, 3.8) is 0 Å². The van der Waals surface area contributed by atoms with Crippen LogP contribution in [0.25, 0.3) is 0 Å². The van der Waals surface area contributed by atoms with Gasteiger partial charge in [0, 0.05) is 37.9 Å². The fourth-order valence-corrected chi connectivity index (χ4v) is 3.90. The minimum Gasteiger partial charge on any atom is -0.406 e. The second-order valence-electron chi connectivity index (χ2n) is 6.90. The number of nitrogens with one attached hydrogen (secondary N) is 1. The number of hydrogen-bond donors (Lipinski definition) is 1. The van der Waals surface area contributed by atoms with Gasteiger partial charge >= 0.3 is 6.36 Å². The summed E-state index contributed by atoms with van der Waals surface area (Å²) in [7, 11) is 2.02. The molecular weight excluding hydrogens is 331 g/mol. The Kier molecular flexibility index (Phi) is 5.74. The lowest BCUT2D eigenvalue weighted by atomic mass is 9.97. The van der Waals surface area contributed by atoms with Gasteiger partial charge in [-0.1, -0.05) is 0 Å². The molecule has 2 aliphatic heterocycles. The van der Waals surface area contributed by atoms with Crippen LogP contribution in [0.2, 0.25) is 0 Å². The maximum absolute atomic E-state index is 12.2. The number of benzene rings is 1. The van der Waals surface area contributed by atoms with Gasteiger partial charge in [-0.05, 0) is 63.0 Å². The number of alkyl halides is 3. The molecule has 0 aliphatic carbocycles. The molecule has 0 unspecified atom stereocenters. The number of ether oxygens (including phenoxy) is 1. The highest BCUT2D eigenvalue weighted by Crippen LogP contribution is 2.28. The Balaban J connectivity index is 1.52. The number of likely N-dealkylation sites (tertiary alicyclic amines) is 1. The first-order chi connectivity index (χ1) is 11.9. The smallest absolute Gasteiger partial charge is 0.406 e. The molecule has 25 heavy (non-hydrogen) atoms. The summed E-state index contributed by atoms with van der Waals surface area (Å²) in [6.07, 6.45) is -0.0281. The van der Waals surface area contributed by atoms with Crippen LogP contribution in [0.1, 0.15) is 25.7 Å². The lowest BCUT2D eigenvalue weighted by Crippen LogP contribution is -2.50. The van der Waals surface area contributed by atoms with Crippen molar-refractivity contribution in [3.8, 4) is 5.75 Å². The Hall–Kier alpha value is -1.47. The van der Waals surface area contributed by atoms with Gasteiger partial charge in [-0.25, -0.2) is 0 Å². The van der Waals surface area contributed by atoms with Crippen molar-refractivity contribution in [2.24, 2.45) is 0 Å². The van der Waals surface area contributed by atoms with E-state index < -0.39 is 6.36 Å². The van der Waals surface area contributed by atoms with Gasteiger partial charge in [0.2, 0.25) is 0 Å². The van der Waals surface area contributed by atoms with Crippen LogP contribution in [0.5, 0.6) is 5.75 Å². The minimum atomic E-state index is -4.64. The van der Waals surface area contributed by atoms with E-state index in [0.29, 0.717) is 12.1 Å². The van der Waals surface area contributed by atoms with Crippen molar-refractivity contribution >= 4 is 5.69 Å². The third-order valence-electron chi connectivity index (χ3n) is 5.35. The van der Waals surface area contributed by atoms with Crippen LogP contribution in [0.15, 0.2) is 24.3 Å². The van der Waals surface area contributed by atoms with Gasteiger partial charge in [0.05, 0.1) is 0 Å². The summed E-state index contributed by atoms with van der Waals surface area (Å²) in [5.74, 6) is -0.176. The standard InChI is InChI=1S/C18H26F3N3O/c1-23(14-2-4-17(5-3-14)25-18(19,20)21)15-8-12-24(13-9-15)16-6-10-22-11-7-16/h2-5,15-16,22H,6-13H2,1H3. The Morgan fingerprint density at radius 3 is 2.20 bits per heavy atom. The zero-order valence-corrected chi connectivity index (χ0v) is 14.6. The molecule has 1 N–H and O–H groups in total. The van der Waals surface area contributed by atoms with Crippen LogP contribution >= 0.6 is 0 Å². The van der Waals surface area contributed by atoms with E-state index in [2.05, 4.69) is 19.9 Å². The summed E-state index contributed by atoms with van der Waals surface area (Å²) in [4.78, 5) is 4.78. The fraction of sp³-hybridized carbons (Fsp3) is 0.667. The van der Waals surface area contributed by atoms with E-state index in [-0.39, 0.29) is 5.75 Å². The Bertz CT molecular complexity index is 535. The van der Waals surface area contributed by atoms with Crippen LogP contribution in [0, 0.1) is 0 Å². The van der Waals surface area contributed by atoms with E-state index in [0.717, 1.165) is 44.7 Å². The van der Waals surface area contributed by atoms with Crippen LogP contribution in [0.4, 0.5) is 18.9 Å². The molecule has 0 aromatic heterocycles. The second kappa shape index (κ2) is 7.83. The van der Waals surface area contributed by atoms with Crippen molar-refractivity contribution < 1.29 is 17.9 Å². The van der Waals surface area contributed by atoms with Crippen molar-refractivity contribution in [2.75, 3.05) is 38.1 Å². The van der Waals surface area contributed by atoms with Gasteiger partial charge in [-0.3, -0.25) is 0 Å². The minimum absolute atomic E-state index is 0.176. The summed E-state index contributed by atoms with van der Waals surface area (Å²) in [6.45, 7) is 4.40. The van der Waals surface area contributed by atoms with Crippen molar-refractivity contribution in [3.05, 3.63) is 24.3 Å². The molecule has 1 aromatic rings. The molecule has 0 amide bonds. The summed E-state index contributed by atoms with van der Waals surface area (Å²) < 4.78 is 40.7. The first-order valence-electron chi connectivity index (χ1n) is 8.96. The zero-order valence-electron chi connectivity index (χ0n) is 14.6. The maximum Gasteiger partial charge on any atom is 0.573 e. The first kappa shape index (κ1) is 18.3. The normalized spacial score (nSPS) is 21.3. The zero-order chi connectivity index (χ0) is 17.9. The summed E-state index contributed by atoms with van der Waals surface area (Å²) in [5, 5.41) is 3.41. The van der Waals surface area contributed by atoms with Crippen LogP contribution < -0.4 is 15.0 Å². The van der Waals surface area contributed by atoms with Crippen LogP contribution in [-0.4, -0.2) is 56.6 Å². The number of rotatable bonds is 4. The number of hydrogen-bond acceptors (Lipinski definition) is 4. The molecule has 7 heteroatoms. The fourth-order valence-electron chi connectivity index (χ4n) is 3.90. The molecule has 2 aliphatic rings. The molecule has 3 rings (SSSR count). The van der Waals surface area contributed by atoms with Gasteiger partial charge in [0.15, 0.2) is 0 Å². The number of piperidine rings is 2. The summed E-state index contributed by atoms with van der Waals surface area (Å²) in [5.41, 5.74) is 0.926. The van der Waals surface area contributed by atoms with Crippen LogP contribution in [-0.2, 0) is 0 Å². The molecule has 0 saturated carbocycles. The van der Waals surface area contributed by atoms with Crippen LogP contribution in [0.3, 0.4) is 0 Å². The van der Waals surface area contributed by atoms with E-state index in [1.165, 1.54) is 25.0 Å². The Labute approximate surface area is 146 Å². The third-order valence-corrected chi connectivity index (χ3v) is 5.35. The topological polar surface area (TPSA) is 27.7 Å². The highest BCUT2D eigenvalue weighted by Gasteiger charge is 2.31. The average molecular weight is 357 g/mol. The molecule has 0 radical (unpaired) electrons. The first-order valence-corrected chi connectivity index (χ1v) is 8.96. The second-order valence-corrected chi connectivity index (χ2v) is 6.90. The number of halogens is 3. The van der Waals surface area contributed by atoms with E-state index in [1.807, 2.05) is 7.05 Å². The van der Waals surface area contributed by atoms with Crippen molar-refractivity contribution in [1.82, 2.24) is 10.2 Å². The number of nitrogens with zero attached hydrogens (tertiary/aromatic N) is 2. The lowest BCUT2D eigenvalue weighted by Gasteiger charge is -2.42. The number of anilines is 1. The molecule has 140 valence electrons. The lowest BCUT2D eigenvalue weighted by molar-refractivity contribution is -0.274. The molecule has 0 spiro atoms. The highest BCUT2D eigenvalue weighted by atomic mass is 19.4. The third kappa shape index (κ3) is 5.01. The molecule has 2 saturated heterocycles. The SMILES string of the molecule is CN(c1ccc(OC(F)(F)F)cc1)C1CCN(C2CCNCC2)CC1. The molecule has 2 heterocycles. The summed E-state index contributed by atoms with van der Waals surface area (Å²) >= 11 is 0. The predicted octanol–water partition coefficient (Wildman–Crippen LogP) is 3.24. The highest BCUT2D eigenvalue weighted by molar-refractivity contribution is 5.49. The maximum atomic E-state index is 12.2. The van der Waals surface area contributed by atoms with Gasteiger partial charge < -0.3 is 19.9 Å². The quantitative estimate of drug-likeness (QED) is 0.895. The Morgan fingerprint density at radius 1 is 1.04 bits per heavy atom. The van der Waals surface area contributed by atoms with Crippen molar-refractivity contribution in [2.45, 2.75) is 44.1 Å². The monoisotopic (exact) mass is 357 g/mol. The van der Waals surface area contributed by atoms with E-state index >= 15 is 0 Å².